The Morgan fingerprint density at radius 1 is 1.24 bits per heavy atom. The summed E-state index contributed by atoms with van der Waals surface area (Å²) in [7, 11) is 1.55. The fraction of sp³-hybridized carbons (Fsp3) is 0.222. The zero-order valence-electron chi connectivity index (χ0n) is 13.6. The third-order valence-corrected chi connectivity index (χ3v) is 3.85. The van der Waals surface area contributed by atoms with Crippen LogP contribution in [-0.4, -0.2) is 38.3 Å². The number of methoxy groups -OCH3 is 1. The van der Waals surface area contributed by atoms with Gasteiger partial charge in [-0.1, -0.05) is 0 Å². The molecule has 1 heterocycles. The van der Waals surface area contributed by atoms with Gasteiger partial charge in [0.25, 0.3) is 5.91 Å². The maximum atomic E-state index is 13.0. The lowest BCUT2D eigenvalue weighted by Gasteiger charge is -2.13. The van der Waals surface area contributed by atoms with Crippen LogP contribution in [0.5, 0.6) is 5.75 Å². The van der Waals surface area contributed by atoms with Crippen LogP contribution in [0.4, 0.5) is 14.9 Å². The second-order valence-electron chi connectivity index (χ2n) is 5.53. The molecule has 7 heteroatoms. The molecular weight excluding hydrogens is 327 g/mol. The Balaban J connectivity index is 1.56. The van der Waals surface area contributed by atoms with Crippen molar-refractivity contribution in [2.45, 2.75) is 6.10 Å². The molecule has 0 bridgehead atoms. The van der Waals surface area contributed by atoms with Crippen molar-refractivity contribution in [3.8, 4) is 5.75 Å². The number of halogens is 1. The van der Waals surface area contributed by atoms with Gasteiger partial charge in [0, 0.05) is 11.3 Å². The molecule has 0 saturated carbocycles. The zero-order valence-corrected chi connectivity index (χ0v) is 13.6. The second-order valence-corrected chi connectivity index (χ2v) is 5.53. The number of hydrogen-bond acceptors (Lipinski definition) is 4. The van der Waals surface area contributed by atoms with Gasteiger partial charge in [-0.2, -0.15) is 0 Å². The van der Waals surface area contributed by atoms with E-state index in [1.807, 2.05) is 0 Å². The van der Waals surface area contributed by atoms with E-state index in [1.54, 1.807) is 31.4 Å². The van der Waals surface area contributed by atoms with Crippen molar-refractivity contribution in [1.29, 1.82) is 0 Å². The third-order valence-electron chi connectivity index (χ3n) is 3.85. The van der Waals surface area contributed by atoms with Crippen molar-refractivity contribution in [2.75, 3.05) is 25.1 Å². The quantitative estimate of drug-likeness (QED) is 0.905. The number of carbonyl (C=O) groups is 2. The number of rotatable bonds is 5. The van der Waals surface area contributed by atoms with Crippen molar-refractivity contribution in [1.82, 2.24) is 5.32 Å². The van der Waals surface area contributed by atoms with Crippen molar-refractivity contribution in [3.05, 3.63) is 59.9 Å². The topological polar surface area (TPSA) is 67.9 Å². The summed E-state index contributed by atoms with van der Waals surface area (Å²) >= 11 is 0. The Morgan fingerprint density at radius 2 is 1.92 bits per heavy atom. The molecule has 0 aliphatic carbocycles. The van der Waals surface area contributed by atoms with Crippen LogP contribution < -0.4 is 15.0 Å². The molecule has 2 aromatic rings. The third kappa shape index (κ3) is 3.88. The van der Waals surface area contributed by atoms with Crippen LogP contribution in [0, 0.1) is 5.82 Å². The lowest BCUT2D eigenvalue weighted by molar-refractivity contribution is 0.0916. The largest absolute Gasteiger partial charge is 0.497 e. The van der Waals surface area contributed by atoms with Gasteiger partial charge in [0.2, 0.25) is 0 Å². The van der Waals surface area contributed by atoms with Gasteiger partial charge >= 0.3 is 6.09 Å². The second kappa shape index (κ2) is 7.21. The molecule has 6 nitrogen and oxygen atoms in total. The zero-order chi connectivity index (χ0) is 17.8. The van der Waals surface area contributed by atoms with Crippen molar-refractivity contribution >= 4 is 17.7 Å². The number of ether oxygens (including phenoxy) is 2. The minimum atomic E-state index is -0.518. The Kier molecular flexibility index (Phi) is 4.83. The molecule has 1 fully saturated rings. The SMILES string of the molecule is COc1ccc(C(=O)NCC2CN(c3ccc(F)cc3)C(=O)O2)cc1. The molecule has 2 aromatic carbocycles. The summed E-state index contributed by atoms with van der Waals surface area (Å²) in [6.07, 6.45) is -0.991. The molecule has 1 atom stereocenters. The van der Waals surface area contributed by atoms with E-state index in [2.05, 4.69) is 5.32 Å². The number of carbonyl (C=O) groups excluding carboxylic acids is 2. The molecule has 25 heavy (non-hydrogen) atoms. The van der Waals surface area contributed by atoms with E-state index in [4.69, 9.17) is 9.47 Å². The minimum Gasteiger partial charge on any atom is -0.497 e. The number of anilines is 1. The summed E-state index contributed by atoms with van der Waals surface area (Å²) in [5.41, 5.74) is 1.04. The predicted octanol–water partition coefficient (Wildman–Crippen LogP) is 2.59. The Hall–Kier alpha value is -3.09. The number of benzene rings is 2. The van der Waals surface area contributed by atoms with Crippen LogP contribution in [0.15, 0.2) is 48.5 Å². The fourth-order valence-corrected chi connectivity index (χ4v) is 2.51. The molecule has 0 radical (unpaired) electrons. The first-order chi connectivity index (χ1) is 12.1. The molecule has 2 amide bonds. The normalized spacial score (nSPS) is 16.5. The maximum Gasteiger partial charge on any atom is 0.414 e. The molecule has 1 aliphatic heterocycles. The summed E-state index contributed by atoms with van der Waals surface area (Å²) < 4.78 is 23.3. The highest BCUT2D eigenvalue weighted by molar-refractivity contribution is 5.94. The first-order valence-corrected chi connectivity index (χ1v) is 7.73. The number of cyclic esters (lactones) is 1. The van der Waals surface area contributed by atoms with E-state index in [0.29, 0.717) is 17.0 Å². The highest BCUT2D eigenvalue weighted by Gasteiger charge is 2.32. The molecule has 0 aromatic heterocycles. The molecule has 130 valence electrons. The van der Waals surface area contributed by atoms with Gasteiger partial charge in [0.05, 0.1) is 20.2 Å². The standard InChI is InChI=1S/C18H17FN2O4/c1-24-15-8-2-12(3-9-15)17(22)20-10-16-11-21(18(23)25-16)14-6-4-13(19)5-7-14/h2-9,16H,10-11H2,1H3,(H,20,22). The van der Waals surface area contributed by atoms with E-state index < -0.39 is 12.2 Å². The molecule has 1 saturated heterocycles. The van der Waals surface area contributed by atoms with E-state index in [0.717, 1.165) is 0 Å². The maximum absolute atomic E-state index is 13.0. The van der Waals surface area contributed by atoms with Crippen LogP contribution in [0.3, 0.4) is 0 Å². The number of hydrogen-bond donors (Lipinski definition) is 1. The van der Waals surface area contributed by atoms with Gasteiger partial charge in [0.15, 0.2) is 0 Å². The lowest BCUT2D eigenvalue weighted by atomic mass is 10.2. The van der Waals surface area contributed by atoms with Crippen LogP contribution in [0.2, 0.25) is 0 Å². The highest BCUT2D eigenvalue weighted by Crippen LogP contribution is 2.21. The van der Waals surface area contributed by atoms with E-state index in [9.17, 15) is 14.0 Å². The first-order valence-electron chi connectivity index (χ1n) is 7.73. The van der Waals surface area contributed by atoms with Gasteiger partial charge in [-0.05, 0) is 48.5 Å². The van der Waals surface area contributed by atoms with Crippen molar-refractivity contribution in [3.63, 3.8) is 0 Å². The van der Waals surface area contributed by atoms with Crippen LogP contribution in [0.25, 0.3) is 0 Å². The van der Waals surface area contributed by atoms with Crippen molar-refractivity contribution < 1.29 is 23.5 Å². The monoisotopic (exact) mass is 344 g/mol. The van der Waals surface area contributed by atoms with Crippen LogP contribution in [-0.2, 0) is 4.74 Å². The smallest absolute Gasteiger partial charge is 0.414 e. The number of nitrogens with zero attached hydrogens (tertiary/aromatic N) is 1. The Morgan fingerprint density at radius 3 is 2.56 bits per heavy atom. The summed E-state index contributed by atoms with van der Waals surface area (Å²) in [4.78, 5) is 25.5. The van der Waals surface area contributed by atoms with E-state index in [-0.39, 0.29) is 24.8 Å². The highest BCUT2D eigenvalue weighted by atomic mass is 19.1. The number of amides is 2. The lowest BCUT2D eigenvalue weighted by Crippen LogP contribution is -2.34. The van der Waals surface area contributed by atoms with Gasteiger partial charge in [0.1, 0.15) is 17.7 Å². The summed E-state index contributed by atoms with van der Waals surface area (Å²) in [6, 6.07) is 12.3. The average molecular weight is 344 g/mol. The van der Waals surface area contributed by atoms with Gasteiger partial charge in [-0.15, -0.1) is 0 Å². The Bertz CT molecular complexity index is 762. The predicted molar refractivity (Wildman–Crippen MR) is 89.3 cm³/mol. The molecule has 1 aliphatic rings. The van der Waals surface area contributed by atoms with Gasteiger partial charge in [-0.25, -0.2) is 9.18 Å². The van der Waals surface area contributed by atoms with Gasteiger partial charge < -0.3 is 14.8 Å². The van der Waals surface area contributed by atoms with Gasteiger partial charge in [-0.3, -0.25) is 9.69 Å². The first kappa shape index (κ1) is 16.8. The van der Waals surface area contributed by atoms with E-state index >= 15 is 0 Å². The summed E-state index contributed by atoms with van der Waals surface area (Å²) in [5.74, 6) is 0.0229. The van der Waals surface area contributed by atoms with E-state index in [1.165, 1.54) is 29.2 Å². The van der Waals surface area contributed by atoms with Crippen LogP contribution in [0.1, 0.15) is 10.4 Å². The van der Waals surface area contributed by atoms with Crippen molar-refractivity contribution in [2.24, 2.45) is 0 Å². The molecule has 1 N–H and O–H groups in total. The molecule has 3 rings (SSSR count). The van der Waals surface area contributed by atoms with Crippen LogP contribution >= 0.6 is 0 Å². The minimum absolute atomic E-state index is 0.189. The summed E-state index contributed by atoms with van der Waals surface area (Å²) in [6.45, 7) is 0.474. The fourth-order valence-electron chi connectivity index (χ4n) is 2.51. The molecule has 1 unspecified atom stereocenters. The summed E-state index contributed by atoms with van der Waals surface area (Å²) in [5, 5.41) is 2.74. The molecule has 0 spiro atoms. The average Bonchev–Trinajstić information content (AvgIpc) is 3.01. The number of nitrogens with one attached hydrogen (secondary N) is 1. The molecular formula is C18H17FN2O4. The Labute approximate surface area is 144 Å².